The second-order valence-electron chi connectivity index (χ2n) is 3.50. The van der Waals surface area contributed by atoms with Crippen LogP contribution in [0.25, 0.3) is 0 Å². The Kier molecular flexibility index (Phi) is 3.62. The van der Waals surface area contributed by atoms with Crippen molar-refractivity contribution >= 4 is 5.69 Å². The minimum absolute atomic E-state index is 0.0559. The standard InChI is InChI=1S/C10H14N2O3/c1-7-5-9(12(13)14)3-4-10(7)15-6-8(2)11/h3-5,8H,6,11H2,1-2H3. The van der Waals surface area contributed by atoms with Crippen molar-refractivity contribution in [3.63, 3.8) is 0 Å². The van der Waals surface area contributed by atoms with Crippen LogP contribution in [0.4, 0.5) is 5.69 Å². The smallest absolute Gasteiger partial charge is 0.269 e. The molecule has 1 rings (SSSR count). The van der Waals surface area contributed by atoms with E-state index in [1.807, 2.05) is 6.92 Å². The van der Waals surface area contributed by atoms with E-state index in [1.165, 1.54) is 12.1 Å². The topological polar surface area (TPSA) is 78.4 Å². The number of ether oxygens (including phenoxy) is 1. The van der Waals surface area contributed by atoms with E-state index < -0.39 is 4.92 Å². The van der Waals surface area contributed by atoms with Crippen LogP contribution in [0.5, 0.6) is 5.75 Å². The lowest BCUT2D eigenvalue weighted by Crippen LogP contribution is -2.23. The first-order chi connectivity index (χ1) is 7.00. The van der Waals surface area contributed by atoms with Crippen molar-refractivity contribution in [2.75, 3.05) is 6.61 Å². The number of rotatable bonds is 4. The molecular weight excluding hydrogens is 196 g/mol. The van der Waals surface area contributed by atoms with Crippen molar-refractivity contribution in [3.8, 4) is 5.75 Å². The van der Waals surface area contributed by atoms with Crippen molar-refractivity contribution in [3.05, 3.63) is 33.9 Å². The van der Waals surface area contributed by atoms with Crippen molar-refractivity contribution < 1.29 is 9.66 Å². The molecule has 1 unspecified atom stereocenters. The van der Waals surface area contributed by atoms with Gasteiger partial charge in [0.2, 0.25) is 0 Å². The summed E-state index contributed by atoms with van der Waals surface area (Å²) in [6.07, 6.45) is 0. The van der Waals surface area contributed by atoms with Gasteiger partial charge in [-0.3, -0.25) is 10.1 Å². The molecule has 0 heterocycles. The van der Waals surface area contributed by atoms with Gasteiger partial charge in [-0.2, -0.15) is 0 Å². The van der Waals surface area contributed by atoms with Crippen LogP contribution in [0.1, 0.15) is 12.5 Å². The number of non-ortho nitro benzene ring substituents is 1. The zero-order valence-corrected chi connectivity index (χ0v) is 8.77. The fourth-order valence-electron chi connectivity index (χ4n) is 1.13. The molecule has 1 atom stereocenters. The lowest BCUT2D eigenvalue weighted by atomic mass is 10.2. The van der Waals surface area contributed by atoms with Gasteiger partial charge >= 0.3 is 0 Å². The molecule has 0 amide bonds. The van der Waals surface area contributed by atoms with Crippen LogP contribution in [-0.4, -0.2) is 17.6 Å². The molecule has 15 heavy (non-hydrogen) atoms. The van der Waals surface area contributed by atoms with E-state index in [4.69, 9.17) is 10.5 Å². The van der Waals surface area contributed by atoms with Crippen molar-refractivity contribution in [1.82, 2.24) is 0 Å². The number of nitrogens with zero attached hydrogens (tertiary/aromatic N) is 1. The molecule has 5 heteroatoms. The van der Waals surface area contributed by atoms with Crippen molar-refractivity contribution in [2.24, 2.45) is 5.73 Å². The van der Waals surface area contributed by atoms with Crippen LogP contribution in [0.3, 0.4) is 0 Å². The van der Waals surface area contributed by atoms with E-state index in [-0.39, 0.29) is 11.7 Å². The second kappa shape index (κ2) is 4.75. The molecule has 0 aromatic heterocycles. The highest BCUT2D eigenvalue weighted by atomic mass is 16.6. The molecular formula is C10H14N2O3. The Bertz CT molecular complexity index is 364. The molecule has 1 aromatic carbocycles. The summed E-state index contributed by atoms with van der Waals surface area (Å²) in [6, 6.07) is 4.44. The zero-order valence-electron chi connectivity index (χ0n) is 8.77. The molecule has 0 saturated heterocycles. The van der Waals surface area contributed by atoms with Gasteiger partial charge in [0.05, 0.1) is 4.92 Å². The maximum Gasteiger partial charge on any atom is 0.269 e. The Morgan fingerprint density at radius 1 is 1.60 bits per heavy atom. The first-order valence-corrected chi connectivity index (χ1v) is 4.64. The zero-order chi connectivity index (χ0) is 11.4. The molecule has 0 bridgehead atoms. The number of hydrogen-bond donors (Lipinski definition) is 1. The molecule has 1 aromatic rings. The van der Waals surface area contributed by atoms with E-state index in [2.05, 4.69) is 0 Å². The number of aryl methyl sites for hydroxylation is 1. The first kappa shape index (κ1) is 11.5. The maximum absolute atomic E-state index is 10.5. The molecule has 2 N–H and O–H groups in total. The third kappa shape index (κ3) is 3.21. The summed E-state index contributed by atoms with van der Waals surface area (Å²) in [5.74, 6) is 0.637. The number of benzene rings is 1. The van der Waals surface area contributed by atoms with E-state index in [1.54, 1.807) is 13.0 Å². The summed E-state index contributed by atoms with van der Waals surface area (Å²) < 4.78 is 5.39. The molecule has 0 aliphatic heterocycles. The van der Waals surface area contributed by atoms with Crippen LogP contribution in [0.15, 0.2) is 18.2 Å². The van der Waals surface area contributed by atoms with Gasteiger partial charge in [0.15, 0.2) is 0 Å². The fourth-order valence-corrected chi connectivity index (χ4v) is 1.13. The highest BCUT2D eigenvalue weighted by molar-refractivity contribution is 5.42. The molecule has 0 radical (unpaired) electrons. The number of hydrogen-bond acceptors (Lipinski definition) is 4. The van der Waals surface area contributed by atoms with E-state index in [0.717, 1.165) is 5.56 Å². The molecule has 0 saturated carbocycles. The van der Waals surface area contributed by atoms with Gasteiger partial charge in [-0.1, -0.05) is 0 Å². The number of nitro groups is 1. The maximum atomic E-state index is 10.5. The van der Waals surface area contributed by atoms with Gasteiger partial charge in [-0.25, -0.2) is 0 Å². The Labute approximate surface area is 88.0 Å². The van der Waals surface area contributed by atoms with Gasteiger partial charge in [-0.05, 0) is 25.5 Å². The highest BCUT2D eigenvalue weighted by Gasteiger charge is 2.08. The van der Waals surface area contributed by atoms with Gasteiger partial charge in [-0.15, -0.1) is 0 Å². The fraction of sp³-hybridized carbons (Fsp3) is 0.400. The molecule has 0 aliphatic carbocycles. The first-order valence-electron chi connectivity index (χ1n) is 4.64. The third-order valence-corrected chi connectivity index (χ3v) is 1.87. The minimum Gasteiger partial charge on any atom is -0.492 e. The molecule has 82 valence electrons. The van der Waals surface area contributed by atoms with Gasteiger partial charge < -0.3 is 10.5 Å². The largest absolute Gasteiger partial charge is 0.492 e. The van der Waals surface area contributed by atoms with Crippen LogP contribution in [-0.2, 0) is 0 Å². The summed E-state index contributed by atoms with van der Waals surface area (Å²) in [4.78, 5) is 10.0. The van der Waals surface area contributed by atoms with Crippen LogP contribution in [0.2, 0.25) is 0 Å². The minimum atomic E-state index is -0.428. The normalized spacial score (nSPS) is 12.2. The van der Waals surface area contributed by atoms with Gasteiger partial charge in [0, 0.05) is 18.2 Å². The predicted octanol–water partition coefficient (Wildman–Crippen LogP) is 1.63. The number of nitrogens with two attached hydrogens (primary N) is 1. The second-order valence-corrected chi connectivity index (χ2v) is 3.50. The SMILES string of the molecule is Cc1cc([N+](=O)[O-])ccc1OCC(C)N. The molecule has 0 aliphatic rings. The highest BCUT2D eigenvalue weighted by Crippen LogP contribution is 2.23. The van der Waals surface area contributed by atoms with Crippen LogP contribution < -0.4 is 10.5 Å². The van der Waals surface area contributed by atoms with Crippen LogP contribution >= 0.6 is 0 Å². The summed E-state index contributed by atoms with van der Waals surface area (Å²) in [5.41, 5.74) is 6.35. The van der Waals surface area contributed by atoms with E-state index in [9.17, 15) is 10.1 Å². The summed E-state index contributed by atoms with van der Waals surface area (Å²) in [6.45, 7) is 4.00. The monoisotopic (exact) mass is 210 g/mol. The molecule has 5 nitrogen and oxygen atoms in total. The van der Waals surface area contributed by atoms with Gasteiger partial charge in [0.25, 0.3) is 5.69 Å². The Morgan fingerprint density at radius 3 is 2.73 bits per heavy atom. The molecule has 0 spiro atoms. The number of nitro benzene ring substituents is 1. The third-order valence-electron chi connectivity index (χ3n) is 1.87. The predicted molar refractivity (Wildman–Crippen MR) is 57.0 cm³/mol. The summed E-state index contributed by atoms with van der Waals surface area (Å²) >= 11 is 0. The lowest BCUT2D eigenvalue weighted by Gasteiger charge is -2.10. The van der Waals surface area contributed by atoms with Crippen molar-refractivity contribution in [2.45, 2.75) is 19.9 Å². The van der Waals surface area contributed by atoms with Gasteiger partial charge in [0.1, 0.15) is 12.4 Å². The Morgan fingerprint density at radius 2 is 2.27 bits per heavy atom. The summed E-state index contributed by atoms with van der Waals surface area (Å²) in [7, 11) is 0. The average Bonchev–Trinajstić information content (AvgIpc) is 2.15. The molecule has 0 fully saturated rings. The van der Waals surface area contributed by atoms with Crippen LogP contribution in [0, 0.1) is 17.0 Å². The summed E-state index contributed by atoms with van der Waals surface area (Å²) in [5, 5.41) is 10.5. The van der Waals surface area contributed by atoms with Crippen molar-refractivity contribution in [1.29, 1.82) is 0 Å². The Hall–Kier alpha value is -1.62. The lowest BCUT2D eigenvalue weighted by molar-refractivity contribution is -0.384. The Balaban J connectivity index is 2.79. The van der Waals surface area contributed by atoms with E-state index in [0.29, 0.717) is 12.4 Å². The van der Waals surface area contributed by atoms with E-state index >= 15 is 0 Å². The quantitative estimate of drug-likeness (QED) is 0.605. The average molecular weight is 210 g/mol.